The Labute approximate surface area is 121 Å². The number of aliphatic carboxylic acids is 1. The number of carboxylic acids is 1. The lowest BCUT2D eigenvalue weighted by atomic mass is 9.95. The fraction of sp³-hybridized carbons (Fsp3) is 0.923. The molecular weight excluding hydrogens is 280 g/mol. The van der Waals surface area contributed by atoms with Crippen molar-refractivity contribution in [1.82, 2.24) is 10.2 Å². The van der Waals surface area contributed by atoms with Crippen LogP contribution in [0.15, 0.2) is 0 Å². The van der Waals surface area contributed by atoms with Gasteiger partial charge in [0, 0.05) is 18.8 Å². The van der Waals surface area contributed by atoms with Crippen LogP contribution in [0.2, 0.25) is 0 Å². The first-order chi connectivity index (χ1) is 9.12. The molecule has 2 N–H and O–H groups in total. The Morgan fingerprint density at radius 1 is 1.40 bits per heavy atom. The van der Waals surface area contributed by atoms with Gasteiger partial charge >= 0.3 is 5.97 Å². The molecule has 0 aromatic rings. The average molecular weight is 306 g/mol. The van der Waals surface area contributed by atoms with Gasteiger partial charge in [0.2, 0.25) is 0 Å². The molecule has 0 aliphatic heterocycles. The van der Waals surface area contributed by atoms with Crippen molar-refractivity contribution in [2.45, 2.75) is 44.2 Å². The molecule has 0 bridgehead atoms. The maximum atomic E-state index is 11.4. The summed E-state index contributed by atoms with van der Waals surface area (Å²) in [6.45, 7) is 2.91. The summed E-state index contributed by atoms with van der Waals surface area (Å²) in [4.78, 5) is 13.3. The molecule has 0 heterocycles. The van der Waals surface area contributed by atoms with Gasteiger partial charge in [-0.3, -0.25) is 10.1 Å². The summed E-state index contributed by atoms with van der Waals surface area (Å²) in [5.41, 5.74) is -0.876. The van der Waals surface area contributed by atoms with Crippen LogP contribution < -0.4 is 5.32 Å². The molecule has 0 radical (unpaired) electrons. The second-order valence-corrected chi connectivity index (χ2v) is 8.35. The van der Waals surface area contributed by atoms with E-state index >= 15 is 0 Å². The van der Waals surface area contributed by atoms with E-state index in [1.165, 1.54) is 6.26 Å². The number of hydrogen-bond acceptors (Lipinski definition) is 5. The SMILES string of the molecule is CN(CCCC(C)(NC1CC1)C(=O)O)CCS(C)(=O)=O. The van der Waals surface area contributed by atoms with Crippen molar-refractivity contribution in [2.24, 2.45) is 0 Å². The van der Waals surface area contributed by atoms with E-state index in [0.717, 1.165) is 19.3 Å². The lowest BCUT2D eigenvalue weighted by molar-refractivity contribution is -0.144. The van der Waals surface area contributed by atoms with Gasteiger partial charge in [-0.05, 0) is 46.2 Å². The molecule has 1 aliphatic carbocycles. The van der Waals surface area contributed by atoms with Crippen LogP contribution >= 0.6 is 0 Å². The molecule has 1 atom stereocenters. The monoisotopic (exact) mass is 306 g/mol. The third-order valence-corrected chi connectivity index (χ3v) is 4.56. The molecule has 6 nitrogen and oxygen atoms in total. The molecule has 0 aromatic carbocycles. The van der Waals surface area contributed by atoms with E-state index in [1.807, 2.05) is 11.9 Å². The summed E-state index contributed by atoms with van der Waals surface area (Å²) in [7, 11) is -1.08. The third-order valence-electron chi connectivity index (χ3n) is 3.63. The van der Waals surface area contributed by atoms with Crippen LogP contribution in [0.3, 0.4) is 0 Å². The number of hydrogen-bond donors (Lipinski definition) is 2. The number of nitrogens with zero attached hydrogens (tertiary/aromatic N) is 1. The van der Waals surface area contributed by atoms with E-state index in [9.17, 15) is 18.3 Å². The summed E-state index contributed by atoms with van der Waals surface area (Å²) < 4.78 is 22.1. The summed E-state index contributed by atoms with van der Waals surface area (Å²) in [5.74, 6) is -0.678. The molecule has 7 heteroatoms. The molecule has 1 rings (SSSR count). The van der Waals surface area contributed by atoms with Gasteiger partial charge in [-0.25, -0.2) is 8.42 Å². The molecule has 1 aliphatic rings. The second-order valence-electron chi connectivity index (χ2n) is 6.09. The van der Waals surface area contributed by atoms with E-state index < -0.39 is 21.3 Å². The zero-order valence-electron chi connectivity index (χ0n) is 12.6. The van der Waals surface area contributed by atoms with Gasteiger partial charge in [0.1, 0.15) is 15.4 Å². The lowest BCUT2D eigenvalue weighted by Crippen LogP contribution is -2.50. The van der Waals surface area contributed by atoms with Crippen molar-refractivity contribution >= 4 is 15.8 Å². The highest BCUT2D eigenvalue weighted by atomic mass is 32.2. The van der Waals surface area contributed by atoms with Crippen LogP contribution in [0.4, 0.5) is 0 Å². The predicted molar refractivity (Wildman–Crippen MR) is 78.6 cm³/mol. The Morgan fingerprint density at radius 2 is 2.00 bits per heavy atom. The first-order valence-electron chi connectivity index (χ1n) is 7.00. The van der Waals surface area contributed by atoms with Crippen LogP contribution in [-0.2, 0) is 14.6 Å². The van der Waals surface area contributed by atoms with Crippen LogP contribution in [0, 0.1) is 0 Å². The highest BCUT2D eigenvalue weighted by molar-refractivity contribution is 7.90. The van der Waals surface area contributed by atoms with Crippen molar-refractivity contribution in [3.05, 3.63) is 0 Å². The maximum Gasteiger partial charge on any atom is 0.323 e. The standard InChI is InChI=1S/C13H26N2O4S/c1-13(12(16)17,14-11-5-6-11)7-4-8-15(2)9-10-20(3,18)19/h11,14H,4-10H2,1-3H3,(H,16,17). The van der Waals surface area contributed by atoms with Crippen molar-refractivity contribution < 1.29 is 18.3 Å². The van der Waals surface area contributed by atoms with Crippen LogP contribution in [-0.4, -0.2) is 68.1 Å². The Kier molecular flexibility index (Phi) is 5.97. The van der Waals surface area contributed by atoms with Gasteiger partial charge in [0.25, 0.3) is 0 Å². The van der Waals surface area contributed by atoms with Crippen LogP contribution in [0.1, 0.15) is 32.6 Å². The molecule has 0 amide bonds. The van der Waals surface area contributed by atoms with Gasteiger partial charge in [-0.1, -0.05) is 0 Å². The number of carboxylic acid groups (broad SMARTS) is 1. The van der Waals surface area contributed by atoms with Crippen molar-refractivity contribution in [3.63, 3.8) is 0 Å². The Bertz CT molecular complexity index is 434. The number of nitrogens with one attached hydrogen (secondary N) is 1. The zero-order chi connectivity index (χ0) is 15.4. The molecular formula is C13H26N2O4S. The van der Waals surface area contributed by atoms with E-state index in [2.05, 4.69) is 5.32 Å². The van der Waals surface area contributed by atoms with Gasteiger partial charge in [0.15, 0.2) is 0 Å². The van der Waals surface area contributed by atoms with E-state index in [1.54, 1.807) is 6.92 Å². The summed E-state index contributed by atoms with van der Waals surface area (Å²) in [5, 5.41) is 12.5. The van der Waals surface area contributed by atoms with E-state index in [-0.39, 0.29) is 5.75 Å². The lowest BCUT2D eigenvalue weighted by Gasteiger charge is -2.27. The summed E-state index contributed by atoms with van der Waals surface area (Å²) in [6.07, 6.45) is 4.60. The maximum absolute atomic E-state index is 11.4. The Hall–Kier alpha value is -0.660. The van der Waals surface area contributed by atoms with E-state index in [4.69, 9.17) is 0 Å². The first-order valence-corrected chi connectivity index (χ1v) is 9.06. The summed E-state index contributed by atoms with van der Waals surface area (Å²) in [6, 6.07) is 0.346. The summed E-state index contributed by atoms with van der Waals surface area (Å²) >= 11 is 0. The van der Waals surface area contributed by atoms with Crippen molar-refractivity contribution in [2.75, 3.05) is 32.1 Å². The molecule has 1 saturated carbocycles. The normalized spacial score (nSPS) is 19.0. The fourth-order valence-corrected chi connectivity index (χ4v) is 2.70. The van der Waals surface area contributed by atoms with E-state index in [0.29, 0.717) is 25.6 Å². The molecule has 0 saturated heterocycles. The fourth-order valence-electron chi connectivity index (χ4n) is 2.06. The number of sulfone groups is 1. The van der Waals surface area contributed by atoms with Gasteiger partial charge in [-0.15, -0.1) is 0 Å². The molecule has 1 unspecified atom stereocenters. The molecule has 0 spiro atoms. The zero-order valence-corrected chi connectivity index (χ0v) is 13.4. The third kappa shape index (κ3) is 6.67. The Morgan fingerprint density at radius 3 is 2.45 bits per heavy atom. The topological polar surface area (TPSA) is 86.7 Å². The van der Waals surface area contributed by atoms with Crippen LogP contribution in [0.25, 0.3) is 0 Å². The molecule has 0 aromatic heterocycles. The first kappa shape index (κ1) is 17.4. The molecule has 20 heavy (non-hydrogen) atoms. The predicted octanol–water partition coefficient (Wildman–Crippen LogP) is 0.338. The number of rotatable bonds is 10. The van der Waals surface area contributed by atoms with Gasteiger partial charge in [-0.2, -0.15) is 0 Å². The second kappa shape index (κ2) is 6.87. The van der Waals surface area contributed by atoms with Crippen molar-refractivity contribution in [3.8, 4) is 0 Å². The minimum atomic E-state index is -2.94. The average Bonchev–Trinajstić information content (AvgIpc) is 3.09. The van der Waals surface area contributed by atoms with Crippen molar-refractivity contribution in [1.29, 1.82) is 0 Å². The van der Waals surface area contributed by atoms with Gasteiger partial charge in [0.05, 0.1) is 5.75 Å². The smallest absolute Gasteiger partial charge is 0.323 e. The van der Waals surface area contributed by atoms with Gasteiger partial charge < -0.3 is 10.0 Å². The highest BCUT2D eigenvalue weighted by Crippen LogP contribution is 2.25. The quantitative estimate of drug-likeness (QED) is 0.605. The molecule has 118 valence electrons. The van der Waals surface area contributed by atoms with Crippen LogP contribution in [0.5, 0.6) is 0 Å². The minimum Gasteiger partial charge on any atom is -0.480 e. The highest BCUT2D eigenvalue weighted by Gasteiger charge is 2.37. The number of carbonyl (C=O) groups is 1. The minimum absolute atomic E-state index is 0.139. The Balaban J connectivity index is 2.31. The molecule has 1 fully saturated rings. The largest absolute Gasteiger partial charge is 0.480 e.